The fourth-order valence-electron chi connectivity index (χ4n) is 3.62. The van der Waals surface area contributed by atoms with Gasteiger partial charge in [-0.3, -0.25) is 14.6 Å². The molecule has 3 rings (SSSR count). The van der Waals surface area contributed by atoms with Gasteiger partial charge in [0.05, 0.1) is 6.54 Å². The molecule has 0 N–H and O–H groups in total. The maximum Gasteiger partial charge on any atom is 0.236 e. The van der Waals surface area contributed by atoms with Crippen LogP contribution in [0.2, 0.25) is 0 Å². The van der Waals surface area contributed by atoms with Crippen LogP contribution in [0.3, 0.4) is 0 Å². The number of rotatable bonds is 4. The number of nitrogens with zero attached hydrogens (tertiary/aromatic N) is 3. The van der Waals surface area contributed by atoms with Gasteiger partial charge in [0.2, 0.25) is 5.91 Å². The molecule has 0 unspecified atom stereocenters. The summed E-state index contributed by atoms with van der Waals surface area (Å²) in [6, 6.07) is 6.77. The number of amides is 1. The lowest BCUT2D eigenvalue weighted by molar-refractivity contribution is -0.133. The van der Waals surface area contributed by atoms with E-state index in [1.54, 1.807) is 0 Å². The molecule has 2 saturated heterocycles. The Labute approximate surface area is 144 Å². The molecule has 2 heterocycles. The number of likely N-dealkylation sites (tertiary alicyclic amines) is 1. The number of hydrogen-bond donors (Lipinski definition) is 0. The standard InChI is InChI=1S/C19H28FN3O/c20-18-7-5-17(6-8-18)15-21-9-4-10-22(14-13-21)16-19(24)23-11-2-1-3-12-23/h5-8H,1-4,9-16H2. The highest BCUT2D eigenvalue weighted by Crippen LogP contribution is 2.12. The van der Waals surface area contributed by atoms with Crippen LogP contribution in [0.4, 0.5) is 4.39 Å². The van der Waals surface area contributed by atoms with Gasteiger partial charge in [-0.1, -0.05) is 12.1 Å². The van der Waals surface area contributed by atoms with E-state index in [1.807, 2.05) is 17.0 Å². The highest BCUT2D eigenvalue weighted by molar-refractivity contribution is 5.78. The summed E-state index contributed by atoms with van der Waals surface area (Å²) in [6.45, 7) is 7.20. The van der Waals surface area contributed by atoms with Crippen molar-refractivity contribution in [1.29, 1.82) is 0 Å². The minimum Gasteiger partial charge on any atom is -0.342 e. The fraction of sp³-hybridized carbons (Fsp3) is 0.632. The number of benzene rings is 1. The molecule has 0 aliphatic carbocycles. The predicted molar refractivity (Wildman–Crippen MR) is 93.2 cm³/mol. The third-order valence-electron chi connectivity index (χ3n) is 5.07. The average molecular weight is 333 g/mol. The van der Waals surface area contributed by atoms with Crippen molar-refractivity contribution in [3.63, 3.8) is 0 Å². The van der Waals surface area contributed by atoms with E-state index in [0.717, 1.165) is 70.6 Å². The number of halogens is 1. The van der Waals surface area contributed by atoms with Crippen LogP contribution in [0.5, 0.6) is 0 Å². The SMILES string of the molecule is O=C(CN1CCCN(Cc2ccc(F)cc2)CC1)N1CCCCC1. The first kappa shape index (κ1) is 17.4. The van der Waals surface area contributed by atoms with E-state index in [1.165, 1.54) is 18.6 Å². The van der Waals surface area contributed by atoms with E-state index < -0.39 is 0 Å². The van der Waals surface area contributed by atoms with Gasteiger partial charge in [0, 0.05) is 32.7 Å². The van der Waals surface area contributed by atoms with E-state index in [2.05, 4.69) is 9.80 Å². The van der Waals surface area contributed by atoms with E-state index in [9.17, 15) is 9.18 Å². The molecule has 0 radical (unpaired) electrons. The van der Waals surface area contributed by atoms with Gasteiger partial charge in [0.25, 0.3) is 0 Å². The van der Waals surface area contributed by atoms with Gasteiger partial charge < -0.3 is 4.90 Å². The normalized spacial score (nSPS) is 20.8. The number of carbonyl (C=O) groups excluding carboxylic acids is 1. The Balaban J connectivity index is 1.46. The Morgan fingerprint density at radius 1 is 0.833 bits per heavy atom. The summed E-state index contributed by atoms with van der Waals surface area (Å²) in [4.78, 5) is 19.1. The lowest BCUT2D eigenvalue weighted by Crippen LogP contribution is -2.43. The molecule has 0 aromatic heterocycles. The topological polar surface area (TPSA) is 26.8 Å². The molecule has 0 bridgehead atoms. The van der Waals surface area contributed by atoms with Crippen molar-refractivity contribution in [2.75, 3.05) is 45.8 Å². The van der Waals surface area contributed by atoms with Crippen molar-refractivity contribution in [3.8, 4) is 0 Å². The highest BCUT2D eigenvalue weighted by Gasteiger charge is 2.21. The monoisotopic (exact) mass is 333 g/mol. The maximum absolute atomic E-state index is 13.0. The van der Waals surface area contributed by atoms with Crippen LogP contribution in [0.15, 0.2) is 24.3 Å². The minimum absolute atomic E-state index is 0.183. The van der Waals surface area contributed by atoms with Gasteiger partial charge >= 0.3 is 0 Å². The van der Waals surface area contributed by atoms with Gasteiger partial charge in [-0.2, -0.15) is 0 Å². The Hall–Kier alpha value is -1.46. The van der Waals surface area contributed by atoms with Crippen LogP contribution in [0, 0.1) is 5.82 Å². The lowest BCUT2D eigenvalue weighted by Gasteiger charge is -2.29. The summed E-state index contributed by atoms with van der Waals surface area (Å²) < 4.78 is 13.0. The first-order valence-electron chi connectivity index (χ1n) is 9.18. The Morgan fingerprint density at radius 2 is 1.50 bits per heavy atom. The van der Waals surface area contributed by atoms with Crippen molar-refractivity contribution in [2.45, 2.75) is 32.2 Å². The molecule has 1 aromatic rings. The molecule has 2 aliphatic heterocycles. The van der Waals surface area contributed by atoms with E-state index >= 15 is 0 Å². The lowest BCUT2D eigenvalue weighted by atomic mass is 10.1. The Bertz CT molecular complexity index is 528. The second-order valence-electron chi connectivity index (χ2n) is 6.97. The third kappa shape index (κ3) is 5.02. The summed E-state index contributed by atoms with van der Waals surface area (Å²) in [5, 5.41) is 0. The summed E-state index contributed by atoms with van der Waals surface area (Å²) in [5.74, 6) is 0.110. The zero-order valence-corrected chi connectivity index (χ0v) is 14.4. The van der Waals surface area contributed by atoms with Gasteiger partial charge in [0.1, 0.15) is 5.82 Å². The van der Waals surface area contributed by atoms with Crippen molar-refractivity contribution in [1.82, 2.24) is 14.7 Å². The van der Waals surface area contributed by atoms with Gasteiger partial charge in [0.15, 0.2) is 0 Å². The quantitative estimate of drug-likeness (QED) is 0.846. The van der Waals surface area contributed by atoms with Gasteiger partial charge in [-0.25, -0.2) is 4.39 Å². The van der Waals surface area contributed by atoms with Crippen LogP contribution >= 0.6 is 0 Å². The van der Waals surface area contributed by atoms with Crippen molar-refractivity contribution >= 4 is 5.91 Å². The summed E-state index contributed by atoms with van der Waals surface area (Å²) in [5.41, 5.74) is 1.15. The first-order valence-corrected chi connectivity index (χ1v) is 9.18. The van der Waals surface area contributed by atoms with Crippen molar-refractivity contribution < 1.29 is 9.18 Å². The zero-order valence-electron chi connectivity index (χ0n) is 14.4. The molecule has 1 amide bonds. The molecule has 0 atom stereocenters. The van der Waals surface area contributed by atoms with Crippen LogP contribution in [-0.2, 0) is 11.3 Å². The molecular weight excluding hydrogens is 305 g/mol. The van der Waals surface area contributed by atoms with Crippen molar-refractivity contribution in [3.05, 3.63) is 35.6 Å². The zero-order chi connectivity index (χ0) is 16.8. The second kappa shape index (κ2) is 8.58. The van der Waals surface area contributed by atoms with Crippen LogP contribution in [-0.4, -0.2) is 66.4 Å². The molecule has 2 fully saturated rings. The third-order valence-corrected chi connectivity index (χ3v) is 5.07. The summed E-state index contributed by atoms with van der Waals surface area (Å²) in [6.07, 6.45) is 4.63. The summed E-state index contributed by atoms with van der Waals surface area (Å²) in [7, 11) is 0. The van der Waals surface area contributed by atoms with Gasteiger partial charge in [-0.05, 0) is 56.5 Å². The average Bonchev–Trinajstić information content (AvgIpc) is 2.83. The Kier molecular flexibility index (Phi) is 6.21. The minimum atomic E-state index is -0.183. The van der Waals surface area contributed by atoms with Crippen LogP contribution in [0.25, 0.3) is 0 Å². The molecule has 0 spiro atoms. The summed E-state index contributed by atoms with van der Waals surface area (Å²) >= 11 is 0. The number of carbonyl (C=O) groups is 1. The molecule has 0 saturated carbocycles. The molecule has 1 aromatic carbocycles. The molecule has 24 heavy (non-hydrogen) atoms. The Morgan fingerprint density at radius 3 is 2.25 bits per heavy atom. The second-order valence-corrected chi connectivity index (χ2v) is 6.97. The first-order chi connectivity index (χ1) is 11.7. The number of piperidine rings is 1. The van der Waals surface area contributed by atoms with E-state index in [4.69, 9.17) is 0 Å². The van der Waals surface area contributed by atoms with Crippen LogP contribution < -0.4 is 0 Å². The largest absolute Gasteiger partial charge is 0.342 e. The van der Waals surface area contributed by atoms with E-state index in [-0.39, 0.29) is 5.82 Å². The smallest absolute Gasteiger partial charge is 0.236 e. The molecule has 2 aliphatic rings. The van der Waals surface area contributed by atoms with Crippen LogP contribution in [0.1, 0.15) is 31.2 Å². The van der Waals surface area contributed by atoms with E-state index in [0.29, 0.717) is 12.5 Å². The molecular formula is C19H28FN3O. The van der Waals surface area contributed by atoms with Gasteiger partial charge in [-0.15, -0.1) is 0 Å². The number of hydrogen-bond acceptors (Lipinski definition) is 3. The molecule has 4 nitrogen and oxygen atoms in total. The maximum atomic E-state index is 13.0. The predicted octanol–water partition coefficient (Wildman–Crippen LogP) is 2.35. The molecule has 132 valence electrons. The van der Waals surface area contributed by atoms with Crippen molar-refractivity contribution in [2.24, 2.45) is 0 Å². The fourth-order valence-corrected chi connectivity index (χ4v) is 3.62. The highest BCUT2D eigenvalue weighted by atomic mass is 19.1. The molecule has 5 heteroatoms.